The molecule has 0 N–H and O–H groups in total. The van der Waals surface area contributed by atoms with E-state index in [9.17, 15) is 9.18 Å². The van der Waals surface area contributed by atoms with Gasteiger partial charge in [0.15, 0.2) is 0 Å². The van der Waals surface area contributed by atoms with Gasteiger partial charge in [-0.05, 0) is 73.5 Å². The van der Waals surface area contributed by atoms with Crippen LogP contribution in [0.5, 0.6) is 0 Å². The van der Waals surface area contributed by atoms with Crippen LogP contribution in [0.3, 0.4) is 0 Å². The van der Waals surface area contributed by atoms with Gasteiger partial charge >= 0.3 is 6.09 Å². The Kier molecular flexibility index (Phi) is 6.90. The molecule has 0 bridgehead atoms. The van der Waals surface area contributed by atoms with Gasteiger partial charge in [-0.15, -0.1) is 0 Å². The van der Waals surface area contributed by atoms with E-state index in [4.69, 9.17) is 4.74 Å². The Labute approximate surface area is 140 Å². The maximum atomic E-state index is 13.4. The van der Waals surface area contributed by atoms with Crippen molar-refractivity contribution in [2.24, 2.45) is 0 Å². The minimum Gasteiger partial charge on any atom is -0.444 e. The van der Waals surface area contributed by atoms with Crippen LogP contribution in [-0.4, -0.2) is 23.1 Å². The number of ether oxygens (including phenoxy) is 1. The van der Waals surface area contributed by atoms with E-state index < -0.39 is 5.60 Å². The highest BCUT2D eigenvalue weighted by Crippen LogP contribution is 2.18. The van der Waals surface area contributed by atoms with E-state index in [2.05, 4.69) is 29.5 Å². The van der Waals surface area contributed by atoms with E-state index in [0.717, 1.165) is 22.0 Å². The van der Waals surface area contributed by atoms with Crippen LogP contribution in [0.1, 0.15) is 46.1 Å². The summed E-state index contributed by atoms with van der Waals surface area (Å²) in [6.07, 6.45) is 1.53. The van der Waals surface area contributed by atoms with E-state index in [-0.39, 0.29) is 11.9 Å². The van der Waals surface area contributed by atoms with Gasteiger partial charge in [0, 0.05) is 10.1 Å². The monoisotopic (exact) mass is 407 g/mol. The van der Waals surface area contributed by atoms with Crippen molar-refractivity contribution in [3.8, 4) is 0 Å². The Balaban J connectivity index is 2.87. The van der Waals surface area contributed by atoms with E-state index in [1.807, 2.05) is 20.8 Å². The summed E-state index contributed by atoms with van der Waals surface area (Å²) in [6, 6.07) is 4.62. The van der Waals surface area contributed by atoms with Gasteiger partial charge in [-0.1, -0.05) is 13.3 Å². The molecule has 1 rings (SSSR count). The summed E-state index contributed by atoms with van der Waals surface area (Å²) in [5.41, 5.74) is 0.272. The molecule has 3 nitrogen and oxygen atoms in total. The first kappa shape index (κ1) is 18.2. The summed E-state index contributed by atoms with van der Waals surface area (Å²) in [5, 5.41) is 0. The first-order valence-corrected chi connectivity index (χ1v) is 8.22. The van der Waals surface area contributed by atoms with Gasteiger partial charge < -0.3 is 9.64 Å². The number of benzene rings is 1. The van der Waals surface area contributed by atoms with E-state index >= 15 is 0 Å². The summed E-state index contributed by atoms with van der Waals surface area (Å²) < 4.78 is 19.8. The zero-order valence-corrected chi connectivity index (χ0v) is 15.2. The second kappa shape index (κ2) is 7.96. The number of unbranched alkanes of at least 4 members (excludes halogenated alkanes) is 1. The van der Waals surface area contributed by atoms with Gasteiger partial charge in [-0.25, -0.2) is 9.18 Å². The molecule has 21 heavy (non-hydrogen) atoms. The van der Waals surface area contributed by atoms with Gasteiger partial charge in [0.2, 0.25) is 0 Å². The third kappa shape index (κ3) is 6.63. The van der Waals surface area contributed by atoms with E-state index in [1.165, 1.54) is 12.1 Å². The number of rotatable bonds is 5. The third-order valence-corrected chi connectivity index (χ3v) is 3.85. The largest absolute Gasteiger partial charge is 0.444 e. The maximum Gasteiger partial charge on any atom is 0.410 e. The number of amides is 1. The zero-order valence-electron chi connectivity index (χ0n) is 13.1. The standard InChI is InChI=1S/C16H23FINO2/c1-5-6-9-19(15(20)21-16(2,3)4)11-12-10-13(17)7-8-14(12)18/h7-8,10H,5-6,9,11H2,1-4H3. The SMILES string of the molecule is CCCCN(Cc1cc(F)ccc1I)C(=O)OC(C)(C)C. The second-order valence-electron chi connectivity index (χ2n) is 5.99. The number of carbonyl (C=O) groups excluding carboxylic acids is 1. The molecule has 0 aromatic heterocycles. The Morgan fingerprint density at radius 3 is 2.62 bits per heavy atom. The second-order valence-corrected chi connectivity index (χ2v) is 7.15. The Morgan fingerprint density at radius 2 is 2.05 bits per heavy atom. The average molecular weight is 407 g/mol. The lowest BCUT2D eigenvalue weighted by molar-refractivity contribution is 0.0230. The third-order valence-electron chi connectivity index (χ3n) is 2.80. The molecule has 0 saturated carbocycles. The Bertz CT molecular complexity index is 486. The lowest BCUT2D eigenvalue weighted by atomic mass is 10.2. The number of carbonyl (C=O) groups is 1. The predicted molar refractivity (Wildman–Crippen MR) is 90.7 cm³/mol. The predicted octanol–water partition coefficient (Wildman–Crippen LogP) is 4.97. The van der Waals surface area contributed by atoms with Crippen LogP contribution >= 0.6 is 22.6 Å². The van der Waals surface area contributed by atoms with Crippen LogP contribution in [0.4, 0.5) is 9.18 Å². The van der Waals surface area contributed by atoms with Crippen molar-refractivity contribution in [3.63, 3.8) is 0 Å². The molecular weight excluding hydrogens is 384 g/mol. The first-order chi connectivity index (χ1) is 9.73. The fourth-order valence-corrected chi connectivity index (χ4v) is 2.29. The smallest absolute Gasteiger partial charge is 0.410 e. The highest BCUT2D eigenvalue weighted by atomic mass is 127. The van der Waals surface area contributed by atoms with Gasteiger partial charge in [-0.2, -0.15) is 0 Å². The van der Waals surface area contributed by atoms with Gasteiger partial charge in [0.05, 0.1) is 6.54 Å². The summed E-state index contributed by atoms with van der Waals surface area (Å²) in [5.74, 6) is -0.287. The summed E-state index contributed by atoms with van der Waals surface area (Å²) in [7, 11) is 0. The molecule has 0 aliphatic rings. The highest BCUT2D eigenvalue weighted by Gasteiger charge is 2.22. The molecule has 0 unspecified atom stereocenters. The van der Waals surface area contributed by atoms with Crippen LogP contribution in [0.25, 0.3) is 0 Å². The van der Waals surface area contributed by atoms with Crippen molar-refractivity contribution in [2.45, 2.75) is 52.7 Å². The average Bonchev–Trinajstić information content (AvgIpc) is 2.36. The summed E-state index contributed by atoms with van der Waals surface area (Å²) in [6.45, 7) is 8.57. The van der Waals surface area contributed by atoms with E-state index in [1.54, 1.807) is 11.0 Å². The molecule has 1 aromatic carbocycles. The number of hydrogen-bond acceptors (Lipinski definition) is 2. The molecule has 0 fully saturated rings. The van der Waals surface area contributed by atoms with Crippen molar-refractivity contribution in [3.05, 3.63) is 33.1 Å². The molecule has 1 aromatic rings. The van der Waals surface area contributed by atoms with Crippen molar-refractivity contribution in [1.82, 2.24) is 4.90 Å². The lowest BCUT2D eigenvalue weighted by Crippen LogP contribution is -2.37. The molecule has 0 saturated heterocycles. The van der Waals surface area contributed by atoms with Crippen LogP contribution in [0, 0.1) is 9.39 Å². The topological polar surface area (TPSA) is 29.5 Å². The van der Waals surface area contributed by atoms with E-state index in [0.29, 0.717) is 13.1 Å². The molecule has 0 heterocycles. The lowest BCUT2D eigenvalue weighted by Gasteiger charge is -2.27. The van der Waals surface area contributed by atoms with Crippen molar-refractivity contribution < 1.29 is 13.9 Å². The summed E-state index contributed by atoms with van der Waals surface area (Å²) in [4.78, 5) is 13.9. The molecule has 118 valence electrons. The van der Waals surface area contributed by atoms with Crippen LogP contribution < -0.4 is 0 Å². The highest BCUT2D eigenvalue weighted by molar-refractivity contribution is 14.1. The Hall–Kier alpha value is -0.850. The van der Waals surface area contributed by atoms with Crippen molar-refractivity contribution in [1.29, 1.82) is 0 Å². The quantitative estimate of drug-likeness (QED) is 0.646. The molecule has 5 heteroatoms. The summed E-state index contributed by atoms with van der Waals surface area (Å²) >= 11 is 2.15. The molecule has 0 aliphatic heterocycles. The molecule has 0 spiro atoms. The zero-order chi connectivity index (χ0) is 16.0. The number of nitrogens with zero attached hydrogens (tertiary/aromatic N) is 1. The first-order valence-electron chi connectivity index (χ1n) is 7.15. The minimum atomic E-state index is -0.531. The minimum absolute atomic E-state index is 0.287. The molecule has 0 radical (unpaired) electrons. The molecular formula is C16H23FINO2. The number of halogens is 2. The number of hydrogen-bond donors (Lipinski definition) is 0. The fourth-order valence-electron chi connectivity index (χ4n) is 1.78. The maximum absolute atomic E-state index is 13.4. The van der Waals surface area contributed by atoms with Gasteiger partial charge in [0.1, 0.15) is 11.4 Å². The van der Waals surface area contributed by atoms with Gasteiger partial charge in [-0.3, -0.25) is 0 Å². The molecule has 0 aliphatic carbocycles. The Morgan fingerprint density at radius 1 is 1.38 bits per heavy atom. The van der Waals surface area contributed by atoms with Crippen LogP contribution in [-0.2, 0) is 11.3 Å². The normalized spacial score (nSPS) is 11.3. The van der Waals surface area contributed by atoms with Crippen LogP contribution in [0.2, 0.25) is 0 Å². The molecule has 1 amide bonds. The van der Waals surface area contributed by atoms with Crippen molar-refractivity contribution in [2.75, 3.05) is 6.54 Å². The van der Waals surface area contributed by atoms with Crippen molar-refractivity contribution >= 4 is 28.7 Å². The fraction of sp³-hybridized carbons (Fsp3) is 0.562. The van der Waals surface area contributed by atoms with Gasteiger partial charge in [0.25, 0.3) is 0 Å². The van der Waals surface area contributed by atoms with Crippen LogP contribution in [0.15, 0.2) is 18.2 Å². The molecule has 0 atom stereocenters.